The molecule has 4 aromatic rings. The predicted molar refractivity (Wildman–Crippen MR) is 234 cm³/mol. The molecule has 1 unspecified atom stereocenters. The minimum atomic E-state index is -0.501. The average molecular weight is 829 g/mol. The molecule has 5 aliphatic rings. The van der Waals surface area contributed by atoms with Crippen LogP contribution in [0.3, 0.4) is 0 Å². The topological polar surface area (TPSA) is 149 Å². The first-order valence-corrected chi connectivity index (χ1v) is 21.9. The minimum absolute atomic E-state index is 0.0443. The molecule has 9 rings (SSSR count). The molecule has 2 amide bonds. The van der Waals surface area contributed by atoms with E-state index in [1.54, 1.807) is 22.8 Å². The standard InChI is InChI=1S/C46H56N10O5/c1-29-9-12-38(44(58)49-29)55-28-32-23-36(25-39(61-4)42(32)45(55)59)54-21-17-52(18-22-54)14-13-51-15-19-53(20-16-51)35-11-10-33(47-26-35)24-40-48-27-37-30(2)41(31(3)57)46(60)56(43(37)50-40)34-7-5-6-8-34/h10-11,23,25-27,34,38H,1,5-9,12-22,24,28H2,2-4H3,(H,49,58). The number of allylic oxidation sites excluding steroid dienone is 1. The number of hydrogen-bond acceptors (Lipinski definition) is 12. The van der Waals surface area contributed by atoms with Crippen molar-refractivity contribution in [2.75, 3.05) is 82.4 Å². The molecule has 1 aliphatic carbocycles. The fourth-order valence-corrected chi connectivity index (χ4v) is 10.1. The summed E-state index contributed by atoms with van der Waals surface area (Å²) in [5.41, 5.74) is 6.47. The number of pyridine rings is 2. The summed E-state index contributed by atoms with van der Waals surface area (Å²) in [6.07, 6.45) is 9.35. The number of nitrogens with one attached hydrogen (secondary N) is 1. The summed E-state index contributed by atoms with van der Waals surface area (Å²) < 4.78 is 7.50. The lowest BCUT2D eigenvalue weighted by molar-refractivity contribution is -0.126. The Morgan fingerprint density at radius 1 is 0.885 bits per heavy atom. The van der Waals surface area contributed by atoms with Crippen molar-refractivity contribution >= 4 is 40.0 Å². The van der Waals surface area contributed by atoms with Gasteiger partial charge in [-0.3, -0.25) is 38.5 Å². The maximum absolute atomic E-state index is 13.6. The molecule has 15 nitrogen and oxygen atoms in total. The lowest BCUT2D eigenvalue weighted by Crippen LogP contribution is -2.51. The van der Waals surface area contributed by atoms with Crippen molar-refractivity contribution in [1.29, 1.82) is 0 Å². The maximum Gasteiger partial charge on any atom is 0.263 e. The molecule has 4 fully saturated rings. The highest BCUT2D eigenvalue weighted by Crippen LogP contribution is 2.38. The third kappa shape index (κ3) is 8.00. The van der Waals surface area contributed by atoms with Crippen molar-refractivity contribution in [3.8, 4) is 5.75 Å². The number of fused-ring (bicyclic) bond motifs is 2. The zero-order valence-electron chi connectivity index (χ0n) is 35.6. The molecule has 1 aromatic carbocycles. The molecular formula is C46H56N10O5. The Balaban J connectivity index is 0.758. The van der Waals surface area contributed by atoms with Gasteiger partial charge in [-0.15, -0.1) is 0 Å². The number of hydrogen-bond donors (Lipinski definition) is 1. The Labute approximate surface area is 356 Å². The van der Waals surface area contributed by atoms with Crippen molar-refractivity contribution in [1.82, 2.24) is 39.5 Å². The monoisotopic (exact) mass is 828 g/mol. The van der Waals surface area contributed by atoms with Crippen LogP contribution in [0, 0.1) is 6.92 Å². The zero-order chi connectivity index (χ0) is 42.4. The highest BCUT2D eigenvalue weighted by molar-refractivity contribution is 6.04. The number of piperazine rings is 2. The average Bonchev–Trinajstić information content (AvgIpc) is 3.91. The number of aromatic nitrogens is 4. The second-order valence-electron chi connectivity index (χ2n) is 17.3. The van der Waals surface area contributed by atoms with Crippen LogP contribution in [-0.4, -0.2) is 130 Å². The number of amides is 2. The fraction of sp³-hybridized carbons (Fsp3) is 0.500. The Hall–Kier alpha value is -5.67. The number of carbonyl (C=O) groups excluding carboxylic acids is 3. The molecule has 0 bridgehead atoms. The lowest BCUT2D eigenvalue weighted by Gasteiger charge is -2.39. The number of methoxy groups -OCH3 is 1. The SMILES string of the molecule is C=C1CCC(N2Cc3cc(N4CCN(CCN5CCN(c6ccc(Cc7ncc8c(C)c(C(C)=O)c(=O)n(C9CCCC9)c8n7)nc6)CC5)CC4)cc(OC)c3C2=O)C(=O)N1. The van der Waals surface area contributed by atoms with Gasteiger partial charge in [0, 0.05) is 113 Å². The molecule has 7 heterocycles. The highest BCUT2D eigenvalue weighted by atomic mass is 16.5. The van der Waals surface area contributed by atoms with Crippen LogP contribution in [0.15, 0.2) is 53.7 Å². The van der Waals surface area contributed by atoms with Gasteiger partial charge in [0.25, 0.3) is 11.5 Å². The van der Waals surface area contributed by atoms with Crippen LogP contribution < -0.4 is 25.4 Å². The Bertz CT molecular complexity index is 2430. The number of Topliss-reactive ketones (excluding diaryl/α,β-unsaturated/α-hetero) is 1. The molecule has 1 saturated carbocycles. The van der Waals surface area contributed by atoms with Crippen molar-refractivity contribution in [3.63, 3.8) is 0 Å². The quantitative estimate of drug-likeness (QED) is 0.217. The summed E-state index contributed by atoms with van der Waals surface area (Å²) >= 11 is 0. The van der Waals surface area contributed by atoms with Crippen molar-refractivity contribution in [2.24, 2.45) is 0 Å². The van der Waals surface area contributed by atoms with E-state index < -0.39 is 6.04 Å². The Morgan fingerprint density at radius 2 is 1.57 bits per heavy atom. The third-order valence-electron chi connectivity index (χ3n) is 13.6. The Morgan fingerprint density at radius 3 is 2.20 bits per heavy atom. The van der Waals surface area contributed by atoms with E-state index >= 15 is 0 Å². The van der Waals surface area contributed by atoms with Crippen LogP contribution in [0.1, 0.15) is 94.9 Å². The lowest BCUT2D eigenvalue weighted by atomic mass is 10.0. The highest BCUT2D eigenvalue weighted by Gasteiger charge is 2.40. The van der Waals surface area contributed by atoms with Gasteiger partial charge in [-0.1, -0.05) is 19.4 Å². The summed E-state index contributed by atoms with van der Waals surface area (Å²) in [6.45, 7) is 17.1. The van der Waals surface area contributed by atoms with Gasteiger partial charge in [-0.2, -0.15) is 0 Å². The summed E-state index contributed by atoms with van der Waals surface area (Å²) in [6, 6.07) is 7.81. The van der Waals surface area contributed by atoms with Crippen LogP contribution in [0.4, 0.5) is 11.4 Å². The van der Waals surface area contributed by atoms with Crippen LogP contribution in [0.25, 0.3) is 11.0 Å². The summed E-state index contributed by atoms with van der Waals surface area (Å²) in [5.74, 6) is 0.642. The second kappa shape index (κ2) is 17.0. The van der Waals surface area contributed by atoms with Gasteiger partial charge in [-0.05, 0) is 68.9 Å². The van der Waals surface area contributed by atoms with Gasteiger partial charge in [0.15, 0.2) is 5.78 Å². The number of benzene rings is 1. The van der Waals surface area contributed by atoms with E-state index in [0.717, 1.165) is 119 Å². The summed E-state index contributed by atoms with van der Waals surface area (Å²) in [5, 5.41) is 3.57. The van der Waals surface area contributed by atoms with Gasteiger partial charge in [0.2, 0.25) is 5.91 Å². The zero-order valence-corrected chi connectivity index (χ0v) is 35.6. The Kier molecular flexibility index (Phi) is 11.4. The molecule has 1 N–H and O–H groups in total. The molecule has 0 radical (unpaired) electrons. The van der Waals surface area contributed by atoms with Crippen molar-refractivity contribution in [2.45, 2.75) is 77.4 Å². The molecule has 61 heavy (non-hydrogen) atoms. The first-order valence-electron chi connectivity index (χ1n) is 21.9. The number of rotatable bonds is 11. The predicted octanol–water partition coefficient (Wildman–Crippen LogP) is 4.10. The maximum atomic E-state index is 13.6. The van der Waals surface area contributed by atoms with Crippen molar-refractivity contribution < 1.29 is 19.1 Å². The minimum Gasteiger partial charge on any atom is -0.496 e. The molecule has 320 valence electrons. The molecular weight excluding hydrogens is 773 g/mol. The number of anilines is 2. The second-order valence-corrected chi connectivity index (χ2v) is 17.3. The van der Waals surface area contributed by atoms with Crippen molar-refractivity contribution in [3.05, 3.63) is 93.1 Å². The van der Waals surface area contributed by atoms with Crippen LogP contribution >= 0.6 is 0 Å². The number of ether oxygens (including phenoxy) is 1. The smallest absolute Gasteiger partial charge is 0.263 e. The van der Waals surface area contributed by atoms with Gasteiger partial charge >= 0.3 is 0 Å². The summed E-state index contributed by atoms with van der Waals surface area (Å²) in [4.78, 5) is 78.3. The summed E-state index contributed by atoms with van der Waals surface area (Å²) in [7, 11) is 1.60. The molecule has 1 atom stereocenters. The van der Waals surface area contributed by atoms with Crippen LogP contribution in [-0.2, 0) is 17.8 Å². The van der Waals surface area contributed by atoms with E-state index in [-0.39, 0.29) is 34.8 Å². The van der Waals surface area contributed by atoms with Gasteiger partial charge in [0.05, 0.1) is 36.5 Å². The molecule has 0 spiro atoms. The first kappa shape index (κ1) is 40.7. The van der Waals surface area contributed by atoms with E-state index in [0.29, 0.717) is 59.9 Å². The van der Waals surface area contributed by atoms with E-state index in [2.05, 4.69) is 48.6 Å². The molecule has 3 saturated heterocycles. The molecule has 15 heteroatoms. The molecule has 3 aromatic heterocycles. The van der Waals surface area contributed by atoms with Gasteiger partial charge < -0.3 is 24.8 Å². The third-order valence-corrected chi connectivity index (χ3v) is 13.6. The normalized spacial score (nSPS) is 20.5. The number of nitrogens with zero attached hydrogens (tertiary/aromatic N) is 9. The number of piperidine rings is 1. The van der Waals surface area contributed by atoms with E-state index in [1.807, 2.05) is 25.3 Å². The number of carbonyl (C=O) groups is 3. The van der Waals surface area contributed by atoms with E-state index in [9.17, 15) is 19.2 Å². The largest absolute Gasteiger partial charge is 0.496 e. The van der Waals surface area contributed by atoms with Gasteiger partial charge in [0.1, 0.15) is 23.3 Å². The van der Waals surface area contributed by atoms with Gasteiger partial charge in [-0.25, -0.2) is 9.97 Å². The van der Waals surface area contributed by atoms with E-state index in [4.69, 9.17) is 14.7 Å². The van der Waals surface area contributed by atoms with Crippen LogP contribution in [0.2, 0.25) is 0 Å². The first-order chi connectivity index (χ1) is 29.6. The fourth-order valence-electron chi connectivity index (χ4n) is 10.1. The number of aryl methyl sites for hydroxylation is 1. The van der Waals surface area contributed by atoms with E-state index in [1.165, 1.54) is 6.92 Å². The molecule has 4 aliphatic heterocycles. The number of ketones is 1. The van der Waals surface area contributed by atoms with Crippen LogP contribution in [0.5, 0.6) is 5.75 Å².